The molecule has 0 N–H and O–H groups in total. The largest absolute Gasteiger partial charge is 0.518 e. The Bertz CT molecular complexity index is 406. The molecular weight excluding hydrogens is 209 g/mol. The second kappa shape index (κ2) is 2.72. The lowest BCUT2D eigenvalue weighted by molar-refractivity contribution is -0.0450. The van der Waals surface area contributed by atoms with Gasteiger partial charge in [0, 0.05) is 0 Å². The minimum atomic E-state index is -5.36. The third kappa shape index (κ3) is 1.53. The number of aromatic nitrogens is 2. The molecule has 0 aromatic carbocycles. The molecule has 0 saturated carbocycles. The predicted molar refractivity (Wildman–Crippen MR) is 37.3 cm³/mol. The van der Waals surface area contributed by atoms with Gasteiger partial charge in [0.1, 0.15) is 0 Å². The Balaban J connectivity index is 3.33. The minimum absolute atomic E-state index is 0.0486. The summed E-state index contributed by atoms with van der Waals surface area (Å²) in [4.78, 5) is 0. The molecule has 0 radical (unpaired) electrons. The van der Waals surface area contributed by atoms with Crippen molar-refractivity contribution in [1.82, 2.24) is 9.19 Å². The zero-order valence-electron chi connectivity index (χ0n) is 6.41. The van der Waals surface area contributed by atoms with Crippen LogP contribution in [0.5, 0.6) is 0 Å². The van der Waals surface area contributed by atoms with Gasteiger partial charge in [-0.3, -0.25) is 0 Å². The number of rotatable bonds is 1. The van der Waals surface area contributed by atoms with Crippen molar-refractivity contribution in [3.63, 3.8) is 0 Å². The zero-order valence-corrected chi connectivity index (χ0v) is 7.22. The fourth-order valence-electron chi connectivity index (χ4n) is 0.706. The van der Waals surface area contributed by atoms with Crippen LogP contribution in [-0.4, -0.2) is 23.1 Å². The fourth-order valence-corrected chi connectivity index (χ4v) is 1.52. The average molecular weight is 214 g/mol. The van der Waals surface area contributed by atoms with Crippen LogP contribution in [0.3, 0.4) is 0 Å². The monoisotopic (exact) mass is 214 g/mol. The summed E-state index contributed by atoms with van der Waals surface area (Å²) >= 11 is 0. The molecule has 0 fully saturated rings. The second-order valence-electron chi connectivity index (χ2n) is 2.27. The summed E-state index contributed by atoms with van der Waals surface area (Å²) in [5.74, 6) is 0. The van der Waals surface area contributed by atoms with Crippen LogP contribution >= 0.6 is 0 Å². The van der Waals surface area contributed by atoms with Gasteiger partial charge in [-0.05, 0) is 13.0 Å². The number of halogens is 3. The number of alkyl halides is 3. The van der Waals surface area contributed by atoms with Crippen LogP contribution in [0.1, 0.15) is 5.69 Å². The van der Waals surface area contributed by atoms with Crippen molar-refractivity contribution >= 4 is 10.0 Å². The molecule has 0 aliphatic carbocycles. The Morgan fingerprint density at radius 2 is 2.00 bits per heavy atom. The lowest BCUT2D eigenvalue weighted by Crippen LogP contribution is -2.31. The molecule has 0 amide bonds. The maximum absolute atomic E-state index is 11.9. The Morgan fingerprint density at radius 3 is 2.31 bits per heavy atom. The van der Waals surface area contributed by atoms with Crippen LogP contribution in [0, 0.1) is 6.92 Å². The van der Waals surface area contributed by atoms with Crippen LogP contribution in [0.25, 0.3) is 0 Å². The van der Waals surface area contributed by atoms with E-state index < -0.39 is 15.5 Å². The van der Waals surface area contributed by atoms with Crippen molar-refractivity contribution in [2.45, 2.75) is 12.4 Å². The van der Waals surface area contributed by atoms with E-state index in [2.05, 4.69) is 5.10 Å². The van der Waals surface area contributed by atoms with Gasteiger partial charge in [-0.1, -0.05) is 0 Å². The van der Waals surface area contributed by atoms with Gasteiger partial charge in [0.05, 0.1) is 11.9 Å². The van der Waals surface area contributed by atoms with Gasteiger partial charge in [-0.25, -0.2) is 0 Å². The first kappa shape index (κ1) is 10.0. The lowest BCUT2D eigenvalue weighted by Gasteiger charge is -2.08. The smallest absolute Gasteiger partial charge is 0.195 e. The van der Waals surface area contributed by atoms with Crippen LogP contribution < -0.4 is 0 Å². The number of hydrogen-bond donors (Lipinski definition) is 0. The molecule has 0 unspecified atom stereocenters. The van der Waals surface area contributed by atoms with Crippen molar-refractivity contribution in [1.29, 1.82) is 0 Å². The molecule has 0 aliphatic heterocycles. The molecule has 0 bridgehead atoms. The third-order valence-electron chi connectivity index (χ3n) is 1.31. The highest BCUT2D eigenvalue weighted by Gasteiger charge is 2.48. The number of nitrogens with zero attached hydrogens (tertiary/aromatic N) is 2. The second-order valence-corrected chi connectivity index (χ2v) is 4.03. The summed E-state index contributed by atoms with van der Waals surface area (Å²) in [6, 6.07) is 1.17. The molecule has 1 aromatic heterocycles. The molecule has 74 valence electrons. The highest BCUT2D eigenvalue weighted by molar-refractivity contribution is 7.90. The first-order valence-electron chi connectivity index (χ1n) is 3.09. The van der Waals surface area contributed by atoms with Crippen molar-refractivity contribution < 1.29 is 21.6 Å². The summed E-state index contributed by atoms with van der Waals surface area (Å²) in [7, 11) is -5.36. The lowest BCUT2D eigenvalue weighted by atomic mass is 10.5. The third-order valence-corrected chi connectivity index (χ3v) is 2.73. The number of hydrogen-bond acceptors (Lipinski definition) is 3. The Kier molecular flexibility index (Phi) is 2.10. The van der Waals surface area contributed by atoms with Crippen LogP contribution in [-0.2, 0) is 10.0 Å². The van der Waals surface area contributed by atoms with Gasteiger partial charge in [-0.2, -0.15) is 30.8 Å². The Morgan fingerprint density at radius 1 is 1.46 bits per heavy atom. The van der Waals surface area contributed by atoms with E-state index in [1.165, 1.54) is 13.0 Å². The molecule has 1 heterocycles. The van der Waals surface area contributed by atoms with Crippen molar-refractivity contribution in [3.05, 3.63) is 18.0 Å². The van der Waals surface area contributed by atoms with E-state index in [1.54, 1.807) is 0 Å². The zero-order chi connectivity index (χ0) is 10.3. The van der Waals surface area contributed by atoms with Crippen LogP contribution in [0.2, 0.25) is 0 Å². The van der Waals surface area contributed by atoms with Gasteiger partial charge in [0.2, 0.25) is 0 Å². The van der Waals surface area contributed by atoms with E-state index in [4.69, 9.17) is 0 Å². The summed E-state index contributed by atoms with van der Waals surface area (Å²) in [6.45, 7) is 1.22. The minimum Gasteiger partial charge on any atom is -0.195 e. The topological polar surface area (TPSA) is 52.0 Å². The molecular formula is C5H5F3N2O2S. The molecule has 0 atom stereocenters. The molecule has 0 aliphatic rings. The first-order chi connectivity index (χ1) is 5.77. The van der Waals surface area contributed by atoms with E-state index >= 15 is 0 Å². The van der Waals surface area contributed by atoms with Gasteiger partial charge in [0.15, 0.2) is 0 Å². The van der Waals surface area contributed by atoms with E-state index in [0.29, 0.717) is 0 Å². The molecule has 8 heteroatoms. The molecule has 1 aromatic rings. The normalized spacial score (nSPS) is 13.2. The van der Waals surface area contributed by atoms with Crippen molar-refractivity contribution in [3.8, 4) is 0 Å². The van der Waals surface area contributed by atoms with E-state index in [9.17, 15) is 21.6 Å². The molecule has 4 nitrogen and oxygen atoms in total. The SMILES string of the molecule is Cc1ccnn1S(=O)(=O)C(F)(F)F. The standard InChI is InChI=1S/C5H5F3N2O2S/c1-4-2-3-9-10(4)13(11,12)5(6,7)8/h2-3H,1H3. The van der Waals surface area contributed by atoms with Gasteiger partial charge in [-0.15, -0.1) is 0 Å². The van der Waals surface area contributed by atoms with Gasteiger partial charge < -0.3 is 0 Å². The highest BCUT2D eigenvalue weighted by atomic mass is 32.2. The Hall–Kier alpha value is -1.05. The van der Waals surface area contributed by atoms with Gasteiger partial charge in [0.25, 0.3) is 0 Å². The summed E-state index contributed by atoms with van der Waals surface area (Å²) in [5.41, 5.74) is -5.40. The first-order valence-corrected chi connectivity index (χ1v) is 4.53. The average Bonchev–Trinajstić information content (AvgIpc) is 2.32. The number of aryl methyl sites for hydroxylation is 1. The van der Waals surface area contributed by atoms with Crippen LogP contribution in [0.4, 0.5) is 13.2 Å². The van der Waals surface area contributed by atoms with E-state index in [1.807, 2.05) is 0 Å². The molecule has 1 rings (SSSR count). The predicted octanol–water partition coefficient (Wildman–Crippen LogP) is 0.889. The maximum Gasteiger partial charge on any atom is 0.518 e. The van der Waals surface area contributed by atoms with E-state index in [0.717, 1.165) is 6.20 Å². The summed E-state index contributed by atoms with van der Waals surface area (Å²) in [6.07, 6.45) is 0.985. The van der Waals surface area contributed by atoms with Crippen molar-refractivity contribution in [2.75, 3.05) is 0 Å². The van der Waals surface area contributed by atoms with Crippen molar-refractivity contribution in [2.24, 2.45) is 0 Å². The maximum atomic E-state index is 11.9. The molecule has 0 spiro atoms. The van der Waals surface area contributed by atoms with E-state index in [-0.39, 0.29) is 9.78 Å². The fraction of sp³-hybridized carbons (Fsp3) is 0.400. The summed E-state index contributed by atoms with van der Waals surface area (Å²) < 4.78 is 57.2. The quantitative estimate of drug-likeness (QED) is 0.697. The van der Waals surface area contributed by atoms with Crippen LogP contribution in [0.15, 0.2) is 12.3 Å². The van der Waals surface area contributed by atoms with Gasteiger partial charge >= 0.3 is 15.5 Å². The highest BCUT2D eigenvalue weighted by Crippen LogP contribution is 2.25. The molecule has 13 heavy (non-hydrogen) atoms. The molecule has 0 saturated heterocycles. The Labute approximate surface area is 72.0 Å². The summed E-state index contributed by atoms with van der Waals surface area (Å²) in [5, 5.41) is 3.06.